The Bertz CT molecular complexity index is 4010. The molecule has 384 valence electrons. The number of allylic oxidation sites excluding steroid dienone is 4. The highest BCUT2D eigenvalue weighted by atomic mass is 15.2. The predicted molar refractivity (Wildman–Crippen MR) is 334 cm³/mol. The van der Waals surface area contributed by atoms with E-state index in [1.54, 1.807) is 0 Å². The molecule has 0 spiro atoms. The van der Waals surface area contributed by atoms with Crippen LogP contribution in [0, 0.1) is 13.8 Å². The number of fused-ring (bicyclic) bond motifs is 8. The maximum atomic E-state index is 5.20. The lowest BCUT2D eigenvalue weighted by Gasteiger charge is -2.46. The lowest BCUT2D eigenvalue weighted by atomic mass is 9.62. The average Bonchev–Trinajstić information content (AvgIpc) is 3.59. The Morgan fingerprint density at radius 3 is 1.35 bits per heavy atom. The van der Waals surface area contributed by atoms with Gasteiger partial charge in [0.2, 0.25) is 0 Å². The lowest BCUT2D eigenvalue weighted by Crippen LogP contribution is -2.37. The second-order valence-corrected chi connectivity index (χ2v) is 22.7. The molecular formula is C76H65N3. The number of para-hydroxylation sites is 3. The quantitative estimate of drug-likeness (QED) is 0.120. The second kappa shape index (κ2) is 19.1. The maximum absolute atomic E-state index is 5.20. The van der Waals surface area contributed by atoms with Crippen LogP contribution in [0.5, 0.6) is 0 Å². The number of hydrogen-bond donors (Lipinski definition) is 0. The fourth-order valence-electron chi connectivity index (χ4n) is 13.4. The summed E-state index contributed by atoms with van der Waals surface area (Å²) in [6.45, 7) is 21.1. The standard InChI is InChI=1S/C76H65N3/c1-9-55(77(57-38-31-51(2)32-39-57)60-45-47-64-62-23-13-15-25-66(62)74(5,6)70(64)49-60)42-35-53(4)76(68-27-17-19-29-72(68)79(56-21-11-10-12-22-56)73-30-20-18-28-69(73)76)54-36-43-59(44-37-54)78(58-40-33-52(3)34-41-58)61-46-48-65-63-24-14-16-26-67(63)75(7,8)71(65)50-61/h9-50H,4H2,1-3,5-8H3/b42-35-,55-9+. The monoisotopic (exact) mass is 1020 g/mol. The SMILES string of the molecule is C=C(/C=C\C(=C/C)N(c1ccc(C)cc1)c1ccc2c(c1)C(C)(C)c1ccccc1-2)C1(c2ccc(N(c3ccc(C)cc3)c3ccc4c(c3)C(C)(C)c3ccccc3-4)cc2)c2ccccc2N(c2ccccc2)c2ccccc21. The summed E-state index contributed by atoms with van der Waals surface area (Å²) in [4.78, 5) is 7.24. The first kappa shape index (κ1) is 49.4. The molecule has 0 radical (unpaired) electrons. The van der Waals surface area contributed by atoms with E-state index in [1.165, 1.54) is 55.6 Å². The Morgan fingerprint density at radius 1 is 0.405 bits per heavy atom. The van der Waals surface area contributed by atoms with Crippen LogP contribution in [0.3, 0.4) is 0 Å². The molecule has 79 heavy (non-hydrogen) atoms. The summed E-state index contributed by atoms with van der Waals surface area (Å²) in [6.07, 6.45) is 6.80. The molecule has 10 aromatic carbocycles. The van der Waals surface area contributed by atoms with Crippen LogP contribution in [0.2, 0.25) is 0 Å². The number of nitrogens with zero attached hydrogens (tertiary/aromatic N) is 3. The van der Waals surface area contributed by atoms with Crippen LogP contribution in [0.1, 0.15) is 84.7 Å². The molecule has 0 aromatic heterocycles. The van der Waals surface area contributed by atoms with Gasteiger partial charge in [0.1, 0.15) is 0 Å². The smallest absolute Gasteiger partial charge is 0.0736 e. The van der Waals surface area contributed by atoms with Crippen molar-refractivity contribution in [3.8, 4) is 22.3 Å². The molecule has 0 N–H and O–H groups in total. The minimum absolute atomic E-state index is 0.144. The minimum Gasteiger partial charge on any atom is -0.311 e. The molecule has 2 aliphatic carbocycles. The van der Waals surface area contributed by atoms with Gasteiger partial charge < -0.3 is 14.7 Å². The highest BCUT2D eigenvalue weighted by molar-refractivity contribution is 5.91. The molecule has 0 saturated carbocycles. The average molecular weight is 1020 g/mol. The molecule has 1 aliphatic heterocycles. The van der Waals surface area contributed by atoms with Gasteiger partial charge >= 0.3 is 0 Å². The summed E-state index contributed by atoms with van der Waals surface area (Å²) in [7, 11) is 0. The van der Waals surface area contributed by atoms with Crippen LogP contribution in [0.15, 0.2) is 273 Å². The molecule has 0 unspecified atom stereocenters. The van der Waals surface area contributed by atoms with Crippen molar-refractivity contribution in [2.75, 3.05) is 14.7 Å². The van der Waals surface area contributed by atoms with E-state index in [1.807, 2.05) is 0 Å². The van der Waals surface area contributed by atoms with Crippen LogP contribution in [0.4, 0.5) is 45.5 Å². The van der Waals surface area contributed by atoms with Crippen molar-refractivity contribution in [2.24, 2.45) is 0 Å². The molecule has 13 rings (SSSR count). The molecule has 0 saturated heterocycles. The third-order valence-electron chi connectivity index (χ3n) is 17.4. The Kier molecular flexibility index (Phi) is 11.9. The highest BCUT2D eigenvalue weighted by Crippen LogP contribution is 2.59. The molecule has 3 aliphatic rings. The molecule has 0 atom stereocenters. The van der Waals surface area contributed by atoms with Gasteiger partial charge in [0.15, 0.2) is 0 Å². The number of anilines is 8. The number of hydrogen-bond acceptors (Lipinski definition) is 3. The topological polar surface area (TPSA) is 9.72 Å². The Morgan fingerprint density at radius 2 is 0.823 bits per heavy atom. The van der Waals surface area contributed by atoms with Crippen molar-refractivity contribution < 1.29 is 0 Å². The van der Waals surface area contributed by atoms with Gasteiger partial charge in [0.25, 0.3) is 0 Å². The van der Waals surface area contributed by atoms with E-state index in [2.05, 4.69) is 318 Å². The second-order valence-electron chi connectivity index (χ2n) is 22.7. The van der Waals surface area contributed by atoms with Gasteiger partial charge in [-0.25, -0.2) is 0 Å². The fraction of sp³-hybridized carbons (Fsp3) is 0.132. The van der Waals surface area contributed by atoms with Gasteiger partial charge in [-0.1, -0.05) is 209 Å². The minimum atomic E-state index is -0.817. The molecule has 10 aromatic rings. The lowest BCUT2D eigenvalue weighted by molar-refractivity contribution is 0.660. The summed E-state index contributed by atoms with van der Waals surface area (Å²) in [5, 5.41) is 0. The molecule has 1 heterocycles. The van der Waals surface area contributed by atoms with Crippen molar-refractivity contribution in [3.63, 3.8) is 0 Å². The zero-order valence-electron chi connectivity index (χ0n) is 46.3. The van der Waals surface area contributed by atoms with E-state index in [-0.39, 0.29) is 10.8 Å². The Balaban J connectivity index is 0.972. The number of rotatable bonds is 11. The third-order valence-corrected chi connectivity index (χ3v) is 17.4. The predicted octanol–water partition coefficient (Wildman–Crippen LogP) is 20.4. The van der Waals surface area contributed by atoms with E-state index in [4.69, 9.17) is 6.58 Å². The van der Waals surface area contributed by atoms with Crippen molar-refractivity contribution in [1.82, 2.24) is 0 Å². The molecule has 0 fully saturated rings. The first-order valence-corrected chi connectivity index (χ1v) is 27.8. The Labute approximate surface area is 467 Å². The highest BCUT2D eigenvalue weighted by Gasteiger charge is 2.47. The number of aryl methyl sites for hydroxylation is 2. The summed E-state index contributed by atoms with van der Waals surface area (Å²) in [5.41, 5.74) is 26.3. The molecular weight excluding hydrogens is 955 g/mol. The van der Waals surface area contributed by atoms with Gasteiger partial charge in [0.05, 0.1) is 16.8 Å². The van der Waals surface area contributed by atoms with Gasteiger partial charge in [-0.15, -0.1) is 0 Å². The van der Waals surface area contributed by atoms with Crippen molar-refractivity contribution in [1.29, 1.82) is 0 Å². The van der Waals surface area contributed by atoms with E-state index in [0.29, 0.717) is 0 Å². The van der Waals surface area contributed by atoms with Gasteiger partial charge in [-0.3, -0.25) is 0 Å². The normalized spacial score (nSPS) is 14.9. The summed E-state index contributed by atoms with van der Waals surface area (Å²) < 4.78 is 0. The van der Waals surface area contributed by atoms with Gasteiger partial charge in [-0.2, -0.15) is 0 Å². The van der Waals surface area contributed by atoms with Crippen LogP contribution >= 0.6 is 0 Å². The third kappa shape index (κ3) is 7.85. The van der Waals surface area contributed by atoms with Crippen LogP contribution in [-0.4, -0.2) is 0 Å². The van der Waals surface area contributed by atoms with Crippen LogP contribution in [-0.2, 0) is 16.2 Å². The van der Waals surface area contributed by atoms with Crippen LogP contribution in [0.25, 0.3) is 22.3 Å². The van der Waals surface area contributed by atoms with E-state index >= 15 is 0 Å². The fourth-order valence-corrected chi connectivity index (χ4v) is 13.4. The largest absolute Gasteiger partial charge is 0.311 e. The Hall–Kier alpha value is -9.18. The van der Waals surface area contributed by atoms with Crippen molar-refractivity contribution in [2.45, 2.75) is 64.7 Å². The van der Waals surface area contributed by atoms with E-state index in [9.17, 15) is 0 Å². The van der Waals surface area contributed by atoms with Gasteiger partial charge in [-0.05, 0) is 179 Å². The van der Waals surface area contributed by atoms with Crippen molar-refractivity contribution in [3.05, 3.63) is 323 Å². The number of benzene rings is 10. The molecule has 0 bridgehead atoms. The zero-order valence-corrected chi connectivity index (χ0v) is 46.3. The molecule has 3 nitrogen and oxygen atoms in total. The van der Waals surface area contributed by atoms with E-state index in [0.717, 1.165) is 73.5 Å². The zero-order chi connectivity index (χ0) is 54.2. The van der Waals surface area contributed by atoms with Gasteiger partial charge in [0, 0.05) is 50.7 Å². The van der Waals surface area contributed by atoms with E-state index < -0.39 is 5.41 Å². The summed E-state index contributed by atoms with van der Waals surface area (Å²) in [6, 6.07) is 87.7. The maximum Gasteiger partial charge on any atom is 0.0736 e. The first-order chi connectivity index (χ1) is 38.4. The van der Waals surface area contributed by atoms with Crippen molar-refractivity contribution >= 4 is 45.5 Å². The molecule has 0 amide bonds. The van der Waals surface area contributed by atoms with Crippen LogP contribution < -0.4 is 14.7 Å². The first-order valence-electron chi connectivity index (χ1n) is 27.8. The summed E-state index contributed by atoms with van der Waals surface area (Å²) >= 11 is 0. The molecule has 3 heteroatoms. The summed E-state index contributed by atoms with van der Waals surface area (Å²) in [5.74, 6) is 0.